The van der Waals surface area contributed by atoms with Crippen LogP contribution < -0.4 is 5.32 Å². The fourth-order valence-corrected chi connectivity index (χ4v) is 1.50. The highest BCUT2D eigenvalue weighted by Crippen LogP contribution is 2.08. The van der Waals surface area contributed by atoms with Crippen LogP contribution in [0.2, 0.25) is 0 Å². The van der Waals surface area contributed by atoms with Crippen molar-refractivity contribution in [2.45, 2.75) is 12.5 Å². The minimum absolute atomic E-state index is 0.0535. The normalized spacial score (nSPS) is 21.8. The lowest BCUT2D eigenvalue weighted by molar-refractivity contribution is -0.138. The predicted molar refractivity (Wildman–Crippen MR) is 48.0 cm³/mol. The Morgan fingerprint density at radius 1 is 1.64 bits per heavy atom. The molecule has 1 atom stereocenters. The van der Waals surface area contributed by atoms with Gasteiger partial charge in [-0.15, -0.1) is 0 Å². The van der Waals surface area contributed by atoms with E-state index in [4.69, 9.17) is 5.11 Å². The summed E-state index contributed by atoms with van der Waals surface area (Å²) in [6, 6.07) is -0.311. The van der Waals surface area contributed by atoms with Crippen molar-refractivity contribution in [3.63, 3.8) is 0 Å². The summed E-state index contributed by atoms with van der Waals surface area (Å²) < 4.78 is 4.57. The highest BCUT2D eigenvalue weighted by molar-refractivity contribution is 5.71. The minimum Gasteiger partial charge on any atom is -0.481 e. The van der Waals surface area contributed by atoms with Crippen molar-refractivity contribution in [2.75, 3.05) is 26.7 Å². The number of amides is 1. The fourth-order valence-electron chi connectivity index (χ4n) is 1.50. The second kappa shape index (κ2) is 4.80. The quantitative estimate of drug-likeness (QED) is 0.631. The Kier molecular flexibility index (Phi) is 3.70. The average molecular weight is 202 g/mol. The lowest BCUT2D eigenvalue weighted by atomic mass is 10.1. The summed E-state index contributed by atoms with van der Waals surface area (Å²) in [5, 5.41) is 11.7. The average Bonchev–Trinajstić information content (AvgIpc) is 2.16. The van der Waals surface area contributed by atoms with Gasteiger partial charge in [0.2, 0.25) is 0 Å². The molecule has 1 amide bonds. The molecular weight excluding hydrogens is 188 g/mol. The zero-order chi connectivity index (χ0) is 10.6. The minimum atomic E-state index is -0.910. The van der Waals surface area contributed by atoms with Crippen LogP contribution in [0.3, 0.4) is 0 Å². The third kappa shape index (κ3) is 2.59. The molecule has 1 rings (SSSR count). The Balaban J connectivity index is 2.58. The Labute approximate surface area is 81.8 Å². The molecule has 1 aliphatic heterocycles. The molecule has 0 aromatic carbocycles. The van der Waals surface area contributed by atoms with Gasteiger partial charge in [0.15, 0.2) is 0 Å². The summed E-state index contributed by atoms with van der Waals surface area (Å²) in [6.45, 7) is 1.66. The summed E-state index contributed by atoms with van der Waals surface area (Å²) >= 11 is 0. The van der Waals surface area contributed by atoms with Crippen molar-refractivity contribution in [3.05, 3.63) is 0 Å². The van der Waals surface area contributed by atoms with Crippen LogP contribution in [0.5, 0.6) is 0 Å². The molecule has 2 N–H and O–H groups in total. The van der Waals surface area contributed by atoms with E-state index in [1.54, 1.807) is 0 Å². The first-order chi connectivity index (χ1) is 6.65. The van der Waals surface area contributed by atoms with Crippen molar-refractivity contribution >= 4 is 12.1 Å². The number of hydrogen-bond donors (Lipinski definition) is 2. The second-order valence-electron chi connectivity index (χ2n) is 3.12. The van der Waals surface area contributed by atoms with Crippen LogP contribution >= 0.6 is 0 Å². The zero-order valence-corrected chi connectivity index (χ0v) is 8.02. The van der Waals surface area contributed by atoms with E-state index < -0.39 is 12.1 Å². The molecule has 0 radical (unpaired) electrons. The standard InChI is InChI=1S/C8H14N2O4/c1-14-8(13)10-3-2-9-5-6(10)4-7(11)12/h6,9H,2-5H2,1H3,(H,11,12). The van der Waals surface area contributed by atoms with Gasteiger partial charge in [-0.25, -0.2) is 4.79 Å². The molecule has 1 heterocycles. The van der Waals surface area contributed by atoms with E-state index in [1.807, 2.05) is 0 Å². The molecule has 1 fully saturated rings. The monoisotopic (exact) mass is 202 g/mol. The van der Waals surface area contributed by atoms with Crippen molar-refractivity contribution < 1.29 is 19.4 Å². The summed E-state index contributed by atoms with van der Waals surface area (Å²) in [5.41, 5.74) is 0. The molecular formula is C8H14N2O4. The number of hydrogen-bond acceptors (Lipinski definition) is 4. The van der Waals surface area contributed by atoms with Crippen LogP contribution in [0.15, 0.2) is 0 Å². The van der Waals surface area contributed by atoms with Gasteiger partial charge in [0, 0.05) is 19.6 Å². The number of nitrogens with zero attached hydrogens (tertiary/aromatic N) is 1. The molecule has 1 aliphatic rings. The summed E-state index contributed by atoms with van der Waals surface area (Å²) in [7, 11) is 1.29. The summed E-state index contributed by atoms with van der Waals surface area (Å²) in [5.74, 6) is -0.910. The number of nitrogens with one attached hydrogen (secondary N) is 1. The van der Waals surface area contributed by atoms with Gasteiger partial charge in [-0.1, -0.05) is 0 Å². The van der Waals surface area contributed by atoms with E-state index in [0.29, 0.717) is 19.6 Å². The highest BCUT2D eigenvalue weighted by Gasteiger charge is 2.28. The van der Waals surface area contributed by atoms with Crippen LogP contribution in [0, 0.1) is 0 Å². The van der Waals surface area contributed by atoms with E-state index in [1.165, 1.54) is 12.0 Å². The van der Waals surface area contributed by atoms with Crippen LogP contribution in [-0.2, 0) is 9.53 Å². The molecule has 0 aliphatic carbocycles. The molecule has 1 unspecified atom stereocenters. The maximum Gasteiger partial charge on any atom is 0.409 e. The number of piperazine rings is 1. The number of ether oxygens (including phenoxy) is 1. The number of aliphatic carboxylic acids is 1. The SMILES string of the molecule is COC(=O)N1CCNCC1CC(=O)O. The number of carbonyl (C=O) groups excluding carboxylic acids is 1. The van der Waals surface area contributed by atoms with Crippen molar-refractivity contribution in [1.82, 2.24) is 10.2 Å². The van der Waals surface area contributed by atoms with Gasteiger partial charge in [0.25, 0.3) is 0 Å². The Morgan fingerprint density at radius 3 is 2.93 bits per heavy atom. The molecule has 0 saturated carbocycles. The van der Waals surface area contributed by atoms with Crippen molar-refractivity contribution in [1.29, 1.82) is 0 Å². The second-order valence-corrected chi connectivity index (χ2v) is 3.12. The van der Waals surface area contributed by atoms with E-state index in [2.05, 4.69) is 10.1 Å². The van der Waals surface area contributed by atoms with Gasteiger partial charge in [-0.2, -0.15) is 0 Å². The van der Waals surface area contributed by atoms with Gasteiger partial charge >= 0.3 is 12.1 Å². The molecule has 14 heavy (non-hydrogen) atoms. The molecule has 6 nitrogen and oxygen atoms in total. The summed E-state index contributed by atoms with van der Waals surface area (Å²) in [4.78, 5) is 23.2. The number of rotatable bonds is 2. The van der Waals surface area contributed by atoms with Gasteiger partial charge in [-0.3, -0.25) is 4.79 Å². The Hall–Kier alpha value is -1.30. The number of methoxy groups -OCH3 is 1. The van der Waals surface area contributed by atoms with Crippen molar-refractivity contribution in [3.8, 4) is 0 Å². The first kappa shape index (κ1) is 10.8. The Bertz CT molecular complexity index is 231. The van der Waals surface area contributed by atoms with Crippen LogP contribution in [0.4, 0.5) is 4.79 Å². The fraction of sp³-hybridized carbons (Fsp3) is 0.750. The first-order valence-corrected chi connectivity index (χ1v) is 4.42. The van der Waals surface area contributed by atoms with Crippen LogP contribution in [-0.4, -0.2) is 54.9 Å². The topological polar surface area (TPSA) is 78.9 Å². The van der Waals surface area contributed by atoms with Gasteiger partial charge in [0.1, 0.15) is 0 Å². The third-order valence-electron chi connectivity index (χ3n) is 2.17. The lowest BCUT2D eigenvalue weighted by Crippen LogP contribution is -2.54. The molecule has 80 valence electrons. The maximum absolute atomic E-state index is 11.2. The molecule has 6 heteroatoms. The van der Waals surface area contributed by atoms with E-state index in [9.17, 15) is 9.59 Å². The molecule has 0 aromatic rings. The Morgan fingerprint density at radius 2 is 2.36 bits per heavy atom. The molecule has 0 spiro atoms. The largest absolute Gasteiger partial charge is 0.481 e. The maximum atomic E-state index is 11.2. The molecule has 1 saturated heterocycles. The first-order valence-electron chi connectivity index (χ1n) is 4.42. The predicted octanol–water partition coefficient (Wildman–Crippen LogP) is -0.499. The van der Waals surface area contributed by atoms with Gasteiger partial charge in [0.05, 0.1) is 19.6 Å². The van der Waals surface area contributed by atoms with Crippen LogP contribution in [0.25, 0.3) is 0 Å². The van der Waals surface area contributed by atoms with Gasteiger partial charge in [-0.05, 0) is 0 Å². The molecule has 0 bridgehead atoms. The number of carbonyl (C=O) groups is 2. The third-order valence-corrected chi connectivity index (χ3v) is 2.17. The smallest absolute Gasteiger partial charge is 0.409 e. The van der Waals surface area contributed by atoms with Gasteiger partial charge < -0.3 is 20.1 Å². The number of carboxylic acids is 1. The van der Waals surface area contributed by atoms with E-state index in [0.717, 1.165) is 0 Å². The highest BCUT2D eigenvalue weighted by atomic mass is 16.5. The van der Waals surface area contributed by atoms with Crippen LogP contribution in [0.1, 0.15) is 6.42 Å². The number of carboxylic acid groups (broad SMARTS) is 1. The van der Waals surface area contributed by atoms with E-state index >= 15 is 0 Å². The van der Waals surface area contributed by atoms with Crippen molar-refractivity contribution in [2.24, 2.45) is 0 Å². The van der Waals surface area contributed by atoms with E-state index in [-0.39, 0.29) is 12.5 Å². The summed E-state index contributed by atoms with van der Waals surface area (Å²) in [6.07, 6.45) is -0.514. The molecule has 0 aromatic heterocycles. The zero-order valence-electron chi connectivity index (χ0n) is 8.02. The lowest BCUT2D eigenvalue weighted by Gasteiger charge is -2.34.